The highest BCUT2D eigenvalue weighted by atomic mass is 32.2. The third kappa shape index (κ3) is 4.00. The molecule has 1 aliphatic rings. The molecule has 1 saturated carbocycles. The van der Waals surface area contributed by atoms with Crippen molar-refractivity contribution in [3.63, 3.8) is 0 Å². The first-order valence-electron chi connectivity index (χ1n) is 9.41. The van der Waals surface area contributed by atoms with Crippen LogP contribution in [-0.2, 0) is 7.05 Å². The van der Waals surface area contributed by atoms with Crippen molar-refractivity contribution in [1.29, 1.82) is 0 Å². The fourth-order valence-corrected chi connectivity index (χ4v) is 4.46. The highest BCUT2D eigenvalue weighted by Gasteiger charge is 2.17. The van der Waals surface area contributed by atoms with Crippen LogP contribution < -0.4 is 0 Å². The Balaban J connectivity index is 1.38. The van der Waals surface area contributed by atoms with Crippen LogP contribution in [0, 0.1) is 0 Å². The molecule has 1 fully saturated rings. The Bertz CT molecular complexity index is 894. The fourth-order valence-electron chi connectivity index (χ4n) is 3.65. The molecule has 5 nitrogen and oxygen atoms in total. The second kappa shape index (κ2) is 8.13. The summed E-state index contributed by atoms with van der Waals surface area (Å²) in [6.07, 6.45) is 8.14. The zero-order valence-electron chi connectivity index (χ0n) is 15.4. The van der Waals surface area contributed by atoms with E-state index in [0.29, 0.717) is 28.4 Å². The van der Waals surface area contributed by atoms with Gasteiger partial charge in [-0.3, -0.25) is 4.79 Å². The van der Waals surface area contributed by atoms with Gasteiger partial charge in [0.05, 0.1) is 12.0 Å². The number of hydrogen-bond donors (Lipinski definition) is 0. The molecule has 140 valence electrons. The third-order valence-electron chi connectivity index (χ3n) is 5.22. The molecule has 2 aromatic heterocycles. The van der Waals surface area contributed by atoms with E-state index >= 15 is 0 Å². The lowest BCUT2D eigenvalue weighted by molar-refractivity contribution is 0.102. The maximum Gasteiger partial charge on any atom is 0.200 e. The number of rotatable bonds is 6. The number of carbonyl (C=O) groups excluding carboxylic acids is 1. The Morgan fingerprint density at radius 3 is 2.63 bits per heavy atom. The van der Waals surface area contributed by atoms with E-state index in [0.717, 1.165) is 5.56 Å². The molecule has 4 rings (SSSR count). The minimum Gasteiger partial charge on any atom is -0.461 e. The number of hydrogen-bond acceptors (Lipinski definition) is 5. The number of nitrogens with zero attached hydrogens (tertiary/aromatic N) is 3. The molecule has 0 bridgehead atoms. The SMILES string of the molecule is Cn1c(SCC(=O)c2ccc(C3CCCCC3)cc2)nnc1-c1ccco1. The minimum absolute atomic E-state index is 0.109. The molecule has 27 heavy (non-hydrogen) atoms. The van der Waals surface area contributed by atoms with E-state index < -0.39 is 0 Å². The second-order valence-corrected chi connectivity index (χ2v) is 7.95. The number of ketones is 1. The molecule has 0 N–H and O–H groups in total. The van der Waals surface area contributed by atoms with Crippen molar-refractivity contribution < 1.29 is 9.21 Å². The fraction of sp³-hybridized carbons (Fsp3) is 0.381. The van der Waals surface area contributed by atoms with Gasteiger partial charge in [0.2, 0.25) is 0 Å². The van der Waals surface area contributed by atoms with Gasteiger partial charge in [0.1, 0.15) is 0 Å². The maximum absolute atomic E-state index is 12.6. The summed E-state index contributed by atoms with van der Waals surface area (Å²) in [5.74, 6) is 2.44. The Labute approximate surface area is 163 Å². The Morgan fingerprint density at radius 1 is 1.15 bits per heavy atom. The van der Waals surface area contributed by atoms with Gasteiger partial charge in [-0.05, 0) is 36.5 Å². The van der Waals surface area contributed by atoms with Gasteiger partial charge in [-0.15, -0.1) is 10.2 Å². The summed E-state index contributed by atoms with van der Waals surface area (Å²) in [4.78, 5) is 12.6. The molecule has 0 amide bonds. The molecular formula is C21H23N3O2S. The Kier molecular flexibility index (Phi) is 5.43. The highest BCUT2D eigenvalue weighted by Crippen LogP contribution is 2.32. The largest absolute Gasteiger partial charge is 0.461 e. The first kappa shape index (κ1) is 18.0. The van der Waals surface area contributed by atoms with Crippen LogP contribution in [0.15, 0.2) is 52.2 Å². The van der Waals surface area contributed by atoms with Crippen molar-refractivity contribution in [1.82, 2.24) is 14.8 Å². The van der Waals surface area contributed by atoms with E-state index in [-0.39, 0.29) is 5.78 Å². The smallest absolute Gasteiger partial charge is 0.200 e. The average Bonchev–Trinajstić information content (AvgIpc) is 3.37. The van der Waals surface area contributed by atoms with E-state index in [4.69, 9.17) is 4.42 Å². The maximum atomic E-state index is 12.6. The van der Waals surface area contributed by atoms with Crippen LogP contribution in [0.4, 0.5) is 0 Å². The molecule has 0 radical (unpaired) electrons. The number of thioether (sulfide) groups is 1. The van der Waals surface area contributed by atoms with Crippen molar-refractivity contribution in [3.05, 3.63) is 53.8 Å². The van der Waals surface area contributed by atoms with Crippen LogP contribution in [0.2, 0.25) is 0 Å². The van der Waals surface area contributed by atoms with Crippen LogP contribution in [0.1, 0.15) is 53.9 Å². The first-order valence-corrected chi connectivity index (χ1v) is 10.4. The van der Waals surface area contributed by atoms with Gasteiger partial charge in [-0.25, -0.2) is 0 Å². The summed E-state index contributed by atoms with van der Waals surface area (Å²) in [5, 5.41) is 9.04. The van der Waals surface area contributed by atoms with E-state index in [9.17, 15) is 4.79 Å². The van der Waals surface area contributed by atoms with Crippen molar-refractivity contribution in [2.24, 2.45) is 7.05 Å². The van der Waals surface area contributed by atoms with E-state index in [1.165, 1.54) is 49.4 Å². The summed E-state index contributed by atoms with van der Waals surface area (Å²) in [7, 11) is 1.88. The average molecular weight is 382 g/mol. The molecule has 1 aliphatic carbocycles. The number of furan rings is 1. The predicted molar refractivity (Wildman–Crippen MR) is 106 cm³/mol. The van der Waals surface area contributed by atoms with E-state index in [1.54, 1.807) is 6.26 Å². The molecule has 0 atom stereocenters. The van der Waals surface area contributed by atoms with Crippen molar-refractivity contribution >= 4 is 17.5 Å². The van der Waals surface area contributed by atoms with Crippen LogP contribution in [-0.4, -0.2) is 26.3 Å². The van der Waals surface area contributed by atoms with Crippen LogP contribution in [0.25, 0.3) is 11.6 Å². The number of carbonyl (C=O) groups is 1. The Hall–Kier alpha value is -2.34. The van der Waals surface area contributed by atoms with E-state index in [2.05, 4.69) is 22.3 Å². The normalized spacial score (nSPS) is 15.1. The zero-order valence-corrected chi connectivity index (χ0v) is 16.2. The number of Topliss-reactive ketones (excluding diaryl/α,β-unsaturated/α-hetero) is 1. The minimum atomic E-state index is 0.109. The summed E-state index contributed by atoms with van der Waals surface area (Å²) >= 11 is 1.40. The molecule has 0 saturated heterocycles. The lowest BCUT2D eigenvalue weighted by atomic mass is 9.84. The summed E-state index contributed by atoms with van der Waals surface area (Å²) in [5.41, 5.74) is 2.13. The summed E-state index contributed by atoms with van der Waals surface area (Å²) < 4.78 is 7.22. The van der Waals surface area contributed by atoms with Crippen molar-refractivity contribution in [2.45, 2.75) is 43.2 Å². The molecule has 2 heterocycles. The van der Waals surface area contributed by atoms with Gasteiger partial charge in [0, 0.05) is 12.6 Å². The highest BCUT2D eigenvalue weighted by molar-refractivity contribution is 7.99. The number of aromatic nitrogens is 3. The van der Waals surface area contributed by atoms with Crippen molar-refractivity contribution in [3.8, 4) is 11.6 Å². The van der Waals surface area contributed by atoms with Crippen molar-refractivity contribution in [2.75, 3.05) is 5.75 Å². The molecule has 0 unspecified atom stereocenters. The quantitative estimate of drug-likeness (QED) is 0.439. The Morgan fingerprint density at radius 2 is 1.93 bits per heavy atom. The van der Waals surface area contributed by atoms with E-state index in [1.807, 2.05) is 35.9 Å². The van der Waals surface area contributed by atoms with Gasteiger partial charge in [-0.2, -0.15) is 0 Å². The summed E-state index contributed by atoms with van der Waals surface area (Å²) in [6, 6.07) is 11.9. The molecule has 3 aromatic rings. The second-order valence-electron chi connectivity index (χ2n) is 7.01. The summed E-state index contributed by atoms with van der Waals surface area (Å²) in [6.45, 7) is 0. The molecule has 0 aliphatic heterocycles. The monoisotopic (exact) mass is 381 g/mol. The van der Waals surface area contributed by atoms with Gasteiger partial charge in [0.25, 0.3) is 0 Å². The van der Waals surface area contributed by atoms with Crippen LogP contribution in [0.3, 0.4) is 0 Å². The predicted octanol–water partition coefficient (Wildman–Crippen LogP) is 5.10. The zero-order chi connectivity index (χ0) is 18.6. The van der Waals surface area contributed by atoms with Crippen LogP contribution >= 0.6 is 11.8 Å². The molecule has 0 spiro atoms. The molecular weight excluding hydrogens is 358 g/mol. The van der Waals surface area contributed by atoms with Gasteiger partial charge in [0.15, 0.2) is 22.5 Å². The lowest BCUT2D eigenvalue weighted by Crippen LogP contribution is -2.07. The topological polar surface area (TPSA) is 60.9 Å². The molecule has 6 heteroatoms. The molecule has 1 aromatic carbocycles. The van der Waals surface area contributed by atoms with Gasteiger partial charge in [-0.1, -0.05) is 55.3 Å². The van der Waals surface area contributed by atoms with Crippen LogP contribution in [0.5, 0.6) is 0 Å². The van der Waals surface area contributed by atoms with Gasteiger partial charge < -0.3 is 8.98 Å². The lowest BCUT2D eigenvalue weighted by Gasteiger charge is -2.22. The first-order chi connectivity index (χ1) is 13.2. The van der Waals surface area contributed by atoms with Gasteiger partial charge >= 0.3 is 0 Å². The standard InChI is InChI=1S/C21H23N3O2S/c1-24-20(19-8-5-13-26-19)22-23-21(24)27-14-18(25)17-11-9-16(10-12-17)15-6-3-2-4-7-15/h5,8-13,15H,2-4,6-7,14H2,1H3. The number of benzene rings is 1. The third-order valence-corrected chi connectivity index (χ3v) is 6.24.